The average molecular weight is 502 g/mol. The highest BCUT2D eigenvalue weighted by molar-refractivity contribution is 6.31. The van der Waals surface area contributed by atoms with Crippen molar-refractivity contribution in [2.24, 2.45) is 18.9 Å². The van der Waals surface area contributed by atoms with E-state index in [1.165, 1.54) is 22.9 Å². The fourth-order valence-electron chi connectivity index (χ4n) is 5.99. The lowest BCUT2D eigenvalue weighted by Crippen LogP contribution is -2.27. The monoisotopic (exact) mass is 501 g/mol. The van der Waals surface area contributed by atoms with Crippen LogP contribution in [0.4, 0.5) is 21.7 Å². The molecule has 2 aliphatic rings. The second-order valence-corrected chi connectivity index (χ2v) is 10.2. The lowest BCUT2D eigenvalue weighted by molar-refractivity contribution is 0.0255. The molecule has 0 aliphatic heterocycles. The third-order valence-electron chi connectivity index (χ3n) is 7.53. The maximum Gasteiger partial charge on any atom is 0.261 e. The van der Waals surface area contributed by atoms with Crippen molar-refractivity contribution in [1.82, 2.24) is 19.6 Å². The zero-order valence-corrected chi connectivity index (χ0v) is 20.4. The van der Waals surface area contributed by atoms with Gasteiger partial charge in [-0.2, -0.15) is 10.2 Å². The lowest BCUT2D eigenvalue weighted by atomic mass is 9.89. The van der Waals surface area contributed by atoms with E-state index < -0.39 is 17.3 Å². The fourth-order valence-corrected chi connectivity index (χ4v) is 6.17. The van der Waals surface area contributed by atoms with Crippen LogP contribution in [0.2, 0.25) is 5.02 Å². The van der Waals surface area contributed by atoms with Crippen molar-refractivity contribution in [1.29, 1.82) is 0 Å². The molecule has 2 aromatic heterocycles. The van der Waals surface area contributed by atoms with Gasteiger partial charge in [-0.3, -0.25) is 14.2 Å². The molecular weight excluding hydrogens is 473 g/mol. The van der Waals surface area contributed by atoms with Gasteiger partial charge in [0, 0.05) is 31.3 Å². The Morgan fingerprint density at radius 1 is 1.26 bits per heavy atom. The quantitative estimate of drug-likeness (QED) is 0.421. The van der Waals surface area contributed by atoms with E-state index in [9.17, 15) is 14.3 Å². The number of hydrogen-bond donors (Lipinski definition) is 4. The van der Waals surface area contributed by atoms with Gasteiger partial charge < -0.3 is 21.9 Å². The smallest absolute Gasteiger partial charge is 0.261 e. The Kier molecular flexibility index (Phi) is 5.76. The number of nitrogens with two attached hydrogens (primary N) is 2. The molecule has 35 heavy (non-hydrogen) atoms. The molecule has 2 unspecified atom stereocenters. The van der Waals surface area contributed by atoms with Crippen molar-refractivity contribution < 1.29 is 14.3 Å². The summed E-state index contributed by atoms with van der Waals surface area (Å²) in [6, 6.07) is 5.77. The number of nitrogens with one attached hydrogen (secondary N) is 1. The molecule has 2 atom stereocenters. The van der Waals surface area contributed by atoms with Crippen LogP contribution >= 0.6 is 11.6 Å². The Hall–Kier alpha value is -3.11. The minimum atomic E-state index is -0.966. The first-order chi connectivity index (χ1) is 16.6. The lowest BCUT2D eigenvalue weighted by Gasteiger charge is -2.25. The van der Waals surface area contributed by atoms with Crippen LogP contribution in [-0.2, 0) is 19.2 Å². The standard InChI is InChI=1S/C24H29ClFN7O2/c1-3-33-18(9-19(27)30-33)24(35)10-13-6-12(7-14(13)11-24)21-20(22(28)32(2)31-21)23(34)29-15-4-5-17(26)16(25)8-15/h4-5,8-9,12-14,35H,3,6-7,10-11,28H2,1-2H3,(H2,27,30)(H,29,34). The van der Waals surface area contributed by atoms with Crippen molar-refractivity contribution in [3.05, 3.63) is 52.1 Å². The number of fused-ring (bicyclic) bond motifs is 1. The predicted molar refractivity (Wildman–Crippen MR) is 131 cm³/mol. The number of amides is 1. The van der Waals surface area contributed by atoms with Gasteiger partial charge in [0.2, 0.25) is 0 Å². The first-order valence-electron chi connectivity index (χ1n) is 11.7. The molecule has 0 bridgehead atoms. The van der Waals surface area contributed by atoms with Gasteiger partial charge >= 0.3 is 0 Å². The highest BCUT2D eigenvalue weighted by atomic mass is 35.5. The van der Waals surface area contributed by atoms with Crippen LogP contribution in [0.3, 0.4) is 0 Å². The summed E-state index contributed by atoms with van der Waals surface area (Å²) in [7, 11) is 1.70. The Morgan fingerprint density at radius 3 is 2.57 bits per heavy atom. The SMILES string of the molecule is CCn1nc(N)cc1C1(O)CC2CC(c3nn(C)c(N)c3C(=O)Nc3ccc(F)c(Cl)c3)CC2C1. The van der Waals surface area contributed by atoms with E-state index in [-0.39, 0.29) is 28.6 Å². The molecule has 2 fully saturated rings. The van der Waals surface area contributed by atoms with E-state index in [0.717, 1.165) is 18.5 Å². The van der Waals surface area contributed by atoms with Gasteiger partial charge in [0.15, 0.2) is 0 Å². The third-order valence-corrected chi connectivity index (χ3v) is 7.82. The van der Waals surface area contributed by atoms with Crippen molar-refractivity contribution >= 4 is 34.8 Å². The number of hydrogen-bond acceptors (Lipinski definition) is 6. The number of aliphatic hydroxyl groups is 1. The van der Waals surface area contributed by atoms with Gasteiger partial charge in [0.25, 0.3) is 5.91 Å². The number of carbonyl (C=O) groups is 1. The van der Waals surface area contributed by atoms with E-state index in [0.29, 0.717) is 42.1 Å². The van der Waals surface area contributed by atoms with Crippen molar-refractivity contribution in [2.45, 2.75) is 50.7 Å². The number of benzene rings is 1. The van der Waals surface area contributed by atoms with E-state index in [1.807, 2.05) is 6.92 Å². The van der Waals surface area contributed by atoms with Crippen molar-refractivity contribution in [3.8, 4) is 0 Å². The molecule has 186 valence electrons. The number of nitrogen functional groups attached to an aromatic ring is 2. The summed E-state index contributed by atoms with van der Waals surface area (Å²) in [5.74, 6) is 0.297. The highest BCUT2D eigenvalue weighted by Crippen LogP contribution is 2.57. The van der Waals surface area contributed by atoms with Gasteiger partial charge in [-0.05, 0) is 62.6 Å². The number of aryl methyl sites for hydroxylation is 2. The Balaban J connectivity index is 1.36. The number of carbonyl (C=O) groups excluding carboxylic acids is 1. The summed E-state index contributed by atoms with van der Waals surface area (Å²) in [5, 5.41) is 23.1. The molecule has 1 aromatic carbocycles. The first-order valence-corrected chi connectivity index (χ1v) is 12.1. The number of aromatic nitrogens is 4. The van der Waals surface area contributed by atoms with Crippen LogP contribution < -0.4 is 16.8 Å². The van der Waals surface area contributed by atoms with Crippen LogP contribution in [0.1, 0.15) is 60.3 Å². The van der Waals surface area contributed by atoms with Crippen LogP contribution in [0.5, 0.6) is 0 Å². The molecule has 2 saturated carbocycles. The summed E-state index contributed by atoms with van der Waals surface area (Å²) in [5.41, 5.74) is 13.3. The van der Waals surface area contributed by atoms with E-state index in [1.54, 1.807) is 17.8 Å². The maximum absolute atomic E-state index is 13.5. The molecule has 0 radical (unpaired) electrons. The van der Waals surface area contributed by atoms with Crippen molar-refractivity contribution in [2.75, 3.05) is 16.8 Å². The predicted octanol–water partition coefficient (Wildman–Crippen LogP) is 3.64. The van der Waals surface area contributed by atoms with E-state index >= 15 is 0 Å². The second-order valence-electron chi connectivity index (χ2n) is 9.75. The molecule has 5 rings (SSSR count). The van der Waals surface area contributed by atoms with Crippen LogP contribution in [0.15, 0.2) is 24.3 Å². The number of anilines is 3. The molecule has 6 N–H and O–H groups in total. The van der Waals surface area contributed by atoms with E-state index in [4.69, 9.17) is 23.1 Å². The third kappa shape index (κ3) is 4.04. The average Bonchev–Trinajstić information content (AvgIpc) is 3.52. The number of rotatable bonds is 5. The first kappa shape index (κ1) is 23.6. The summed E-state index contributed by atoms with van der Waals surface area (Å²) >= 11 is 5.86. The maximum atomic E-state index is 13.5. The summed E-state index contributed by atoms with van der Waals surface area (Å²) < 4.78 is 16.8. The Morgan fingerprint density at radius 2 is 1.94 bits per heavy atom. The molecular formula is C24H29ClFN7O2. The second kappa shape index (κ2) is 8.53. The van der Waals surface area contributed by atoms with Gasteiger partial charge in [0.1, 0.15) is 28.6 Å². The Bertz CT molecular complexity index is 1290. The van der Waals surface area contributed by atoms with Gasteiger partial charge in [-0.15, -0.1) is 0 Å². The molecule has 9 nitrogen and oxygen atoms in total. The van der Waals surface area contributed by atoms with Gasteiger partial charge in [-0.1, -0.05) is 11.6 Å². The van der Waals surface area contributed by atoms with Crippen LogP contribution in [0, 0.1) is 17.7 Å². The molecule has 1 amide bonds. The van der Waals surface area contributed by atoms with Gasteiger partial charge in [-0.25, -0.2) is 4.39 Å². The topological polar surface area (TPSA) is 137 Å². The zero-order valence-electron chi connectivity index (χ0n) is 19.6. The summed E-state index contributed by atoms with van der Waals surface area (Å²) in [4.78, 5) is 13.2. The molecule has 0 saturated heterocycles. The number of nitrogens with zero attached hydrogens (tertiary/aromatic N) is 4. The summed E-state index contributed by atoms with van der Waals surface area (Å²) in [6.45, 7) is 2.61. The summed E-state index contributed by atoms with van der Waals surface area (Å²) in [6.07, 6.45) is 2.80. The number of halogens is 2. The van der Waals surface area contributed by atoms with Crippen LogP contribution in [0.25, 0.3) is 0 Å². The van der Waals surface area contributed by atoms with Crippen LogP contribution in [-0.4, -0.2) is 30.6 Å². The van der Waals surface area contributed by atoms with E-state index in [2.05, 4.69) is 15.5 Å². The minimum absolute atomic E-state index is 0.0387. The van der Waals surface area contributed by atoms with Crippen molar-refractivity contribution in [3.63, 3.8) is 0 Å². The zero-order chi connectivity index (χ0) is 25.1. The molecule has 11 heteroatoms. The highest BCUT2D eigenvalue weighted by Gasteiger charge is 2.52. The molecule has 2 heterocycles. The normalized spacial score (nSPS) is 25.7. The molecule has 3 aromatic rings. The largest absolute Gasteiger partial charge is 0.384 e. The van der Waals surface area contributed by atoms with Gasteiger partial charge in [0.05, 0.1) is 16.4 Å². The molecule has 2 aliphatic carbocycles. The Labute approximate surface area is 207 Å². The fraction of sp³-hybridized carbons (Fsp3) is 0.458. The molecule has 0 spiro atoms. The minimum Gasteiger partial charge on any atom is -0.384 e.